The molecule has 240 valence electrons. The van der Waals surface area contributed by atoms with Gasteiger partial charge in [-0.25, -0.2) is 4.79 Å². The van der Waals surface area contributed by atoms with E-state index in [1.54, 1.807) is 0 Å². The van der Waals surface area contributed by atoms with Crippen molar-refractivity contribution in [3.8, 4) is 0 Å². The molecule has 1 saturated heterocycles. The summed E-state index contributed by atoms with van der Waals surface area (Å²) >= 11 is 0. The van der Waals surface area contributed by atoms with Crippen LogP contribution in [0.3, 0.4) is 0 Å². The van der Waals surface area contributed by atoms with Gasteiger partial charge in [-0.1, -0.05) is 61.0 Å². The normalized spacial score (nSPS) is 18.2. The molecule has 1 unspecified atom stereocenters. The third-order valence-corrected chi connectivity index (χ3v) is 8.76. The zero-order valence-corrected chi connectivity index (χ0v) is 25.8. The highest BCUT2D eigenvalue weighted by atomic mass is 16.6. The standard InChI is InChI=1S/C36H38N2O8/c1-22(39)9-16-32(41)45-21-30-29(40)18-31(46-30)38-19-27(35(42)37-36(38)43)20-44-17-4-2-3-6-23-10-11-26-13-12-24-7-5-8-25-14-15-28(23)34(26)33(24)25/h5,7-8,10-15,19,29-31,40H,2-4,6,9,16-18,20-21H2,1H3,(H,37,42,43)/t29-,30+,31?/m0/s1. The SMILES string of the molecule is CC(=O)CCC(=O)OC[C@H]1OC(n2cc(COCCCCCc3ccc4ccc5cccc6ccc3c4c56)c(=O)[nH]c2=O)C[C@@H]1O. The number of aliphatic hydroxyl groups is 1. The lowest BCUT2D eigenvalue weighted by molar-refractivity contribution is -0.151. The van der Waals surface area contributed by atoms with Gasteiger partial charge in [0.2, 0.25) is 0 Å². The number of hydrogen-bond donors (Lipinski definition) is 2. The zero-order chi connectivity index (χ0) is 32.2. The number of ketones is 1. The van der Waals surface area contributed by atoms with Crippen LogP contribution in [0.1, 0.15) is 62.8 Å². The van der Waals surface area contributed by atoms with Crippen LogP contribution in [0.25, 0.3) is 32.3 Å². The van der Waals surface area contributed by atoms with Crippen molar-refractivity contribution in [1.29, 1.82) is 0 Å². The predicted molar refractivity (Wildman–Crippen MR) is 174 cm³/mol. The summed E-state index contributed by atoms with van der Waals surface area (Å²) in [6, 6.07) is 19.7. The van der Waals surface area contributed by atoms with E-state index in [2.05, 4.69) is 59.6 Å². The first-order valence-electron chi connectivity index (χ1n) is 15.8. The Balaban J connectivity index is 0.984. The topological polar surface area (TPSA) is 137 Å². The summed E-state index contributed by atoms with van der Waals surface area (Å²) in [5.41, 5.74) is 0.403. The highest BCUT2D eigenvalue weighted by Gasteiger charge is 2.36. The van der Waals surface area contributed by atoms with Gasteiger partial charge in [0, 0.05) is 25.6 Å². The number of aryl methyl sites for hydroxylation is 1. The van der Waals surface area contributed by atoms with Crippen molar-refractivity contribution < 1.29 is 28.9 Å². The van der Waals surface area contributed by atoms with Crippen LogP contribution < -0.4 is 11.2 Å². The van der Waals surface area contributed by atoms with Gasteiger partial charge in [-0.3, -0.25) is 19.1 Å². The number of Topliss-reactive ketones (excluding diaryl/α,β-unsaturated/α-hetero) is 1. The molecule has 0 aliphatic carbocycles. The number of hydrogen-bond acceptors (Lipinski definition) is 8. The van der Waals surface area contributed by atoms with Crippen molar-refractivity contribution >= 4 is 44.1 Å². The van der Waals surface area contributed by atoms with E-state index >= 15 is 0 Å². The van der Waals surface area contributed by atoms with Gasteiger partial charge >= 0.3 is 11.7 Å². The van der Waals surface area contributed by atoms with Gasteiger partial charge in [-0.2, -0.15) is 0 Å². The second-order valence-electron chi connectivity index (χ2n) is 12.1. The lowest BCUT2D eigenvalue weighted by Crippen LogP contribution is -2.34. The number of aromatic amines is 1. The van der Waals surface area contributed by atoms with Crippen molar-refractivity contribution in [2.24, 2.45) is 0 Å². The minimum absolute atomic E-state index is 0.0249. The van der Waals surface area contributed by atoms with Crippen molar-refractivity contribution in [3.63, 3.8) is 0 Å². The molecule has 1 aromatic heterocycles. The zero-order valence-electron chi connectivity index (χ0n) is 25.8. The molecular formula is C36H38N2O8. The van der Waals surface area contributed by atoms with E-state index in [4.69, 9.17) is 14.2 Å². The maximum atomic E-state index is 12.5. The summed E-state index contributed by atoms with van der Waals surface area (Å²) < 4.78 is 17.9. The average Bonchev–Trinajstić information content (AvgIpc) is 3.42. The van der Waals surface area contributed by atoms with Crippen molar-refractivity contribution in [1.82, 2.24) is 9.55 Å². The first-order chi connectivity index (χ1) is 22.3. The number of carbonyl (C=O) groups is 2. The van der Waals surface area contributed by atoms with E-state index in [1.165, 1.54) is 55.6 Å². The molecule has 5 aromatic rings. The number of H-pyrrole nitrogens is 1. The Labute approximate surface area is 265 Å². The molecule has 1 aliphatic heterocycles. The minimum Gasteiger partial charge on any atom is -0.463 e. The summed E-state index contributed by atoms with van der Waals surface area (Å²) in [5.74, 6) is -0.690. The predicted octanol–water partition coefficient (Wildman–Crippen LogP) is 4.92. The number of ether oxygens (including phenoxy) is 3. The Morgan fingerprint density at radius 3 is 2.46 bits per heavy atom. The molecule has 1 fully saturated rings. The van der Waals surface area contributed by atoms with Crippen LogP contribution in [-0.2, 0) is 36.8 Å². The van der Waals surface area contributed by atoms with Gasteiger partial charge in [0.25, 0.3) is 5.56 Å². The van der Waals surface area contributed by atoms with Crippen LogP contribution >= 0.6 is 0 Å². The van der Waals surface area contributed by atoms with Crippen molar-refractivity contribution in [3.05, 3.63) is 92.8 Å². The van der Waals surface area contributed by atoms with Crippen molar-refractivity contribution in [2.75, 3.05) is 13.2 Å². The number of unbranched alkanes of at least 4 members (excludes halogenated alkanes) is 2. The smallest absolute Gasteiger partial charge is 0.330 e. The molecule has 4 aromatic carbocycles. The molecule has 10 nitrogen and oxygen atoms in total. The Morgan fingerprint density at radius 1 is 0.935 bits per heavy atom. The van der Waals surface area contributed by atoms with E-state index < -0.39 is 35.7 Å². The van der Waals surface area contributed by atoms with Gasteiger partial charge in [-0.15, -0.1) is 0 Å². The summed E-state index contributed by atoms with van der Waals surface area (Å²) in [6.07, 6.45) is 2.59. The fourth-order valence-corrected chi connectivity index (χ4v) is 6.30. The van der Waals surface area contributed by atoms with Crippen LogP contribution in [0.4, 0.5) is 0 Å². The number of benzene rings is 4. The molecule has 1 aliphatic rings. The molecule has 46 heavy (non-hydrogen) atoms. The number of aliphatic hydroxyl groups excluding tert-OH is 1. The van der Waals surface area contributed by atoms with Crippen LogP contribution in [0, 0.1) is 0 Å². The quantitative estimate of drug-likeness (QED) is 0.101. The fraction of sp³-hybridized carbons (Fsp3) is 0.389. The first-order valence-corrected chi connectivity index (χ1v) is 15.8. The number of esters is 1. The Hall–Kier alpha value is -4.38. The molecular weight excluding hydrogens is 588 g/mol. The van der Waals surface area contributed by atoms with Gasteiger partial charge in [0.05, 0.1) is 24.7 Å². The molecule has 3 atom stereocenters. The highest BCUT2D eigenvalue weighted by molar-refractivity contribution is 6.23. The molecule has 0 bridgehead atoms. The van der Waals surface area contributed by atoms with E-state index in [0.29, 0.717) is 6.61 Å². The Bertz CT molecular complexity index is 1960. The fourth-order valence-electron chi connectivity index (χ4n) is 6.30. The molecule has 0 radical (unpaired) electrons. The van der Waals surface area contributed by atoms with E-state index in [0.717, 1.165) is 25.7 Å². The summed E-state index contributed by atoms with van der Waals surface area (Å²) in [7, 11) is 0. The number of nitrogens with zero attached hydrogens (tertiary/aromatic N) is 1. The maximum Gasteiger partial charge on any atom is 0.330 e. The van der Waals surface area contributed by atoms with Crippen LogP contribution in [0.15, 0.2) is 70.4 Å². The van der Waals surface area contributed by atoms with E-state index in [1.807, 2.05) is 0 Å². The molecule has 2 N–H and O–H groups in total. The Kier molecular flexibility index (Phi) is 9.58. The van der Waals surface area contributed by atoms with Gasteiger partial charge < -0.3 is 24.1 Å². The van der Waals surface area contributed by atoms with Crippen LogP contribution in [0.5, 0.6) is 0 Å². The maximum absolute atomic E-state index is 12.5. The third kappa shape index (κ3) is 6.89. The highest BCUT2D eigenvalue weighted by Crippen LogP contribution is 2.36. The third-order valence-electron chi connectivity index (χ3n) is 8.76. The second kappa shape index (κ2) is 13.9. The first kappa shape index (κ1) is 31.6. The van der Waals surface area contributed by atoms with E-state index in [9.17, 15) is 24.3 Å². The van der Waals surface area contributed by atoms with Gasteiger partial charge in [0.15, 0.2) is 0 Å². The molecule has 6 rings (SSSR count). The van der Waals surface area contributed by atoms with Gasteiger partial charge in [0.1, 0.15) is 24.7 Å². The number of rotatable bonds is 14. The second-order valence-corrected chi connectivity index (χ2v) is 12.1. The largest absolute Gasteiger partial charge is 0.463 e. The minimum atomic E-state index is -0.981. The summed E-state index contributed by atoms with van der Waals surface area (Å²) in [4.78, 5) is 50.2. The molecule has 0 amide bonds. The number of aromatic nitrogens is 2. The van der Waals surface area contributed by atoms with Crippen LogP contribution in [-0.4, -0.2) is 51.8 Å². The Morgan fingerprint density at radius 2 is 1.67 bits per heavy atom. The summed E-state index contributed by atoms with van der Waals surface area (Å²) in [5, 5.41) is 18.2. The van der Waals surface area contributed by atoms with Crippen molar-refractivity contribution in [2.45, 2.75) is 76.9 Å². The molecule has 0 spiro atoms. The number of nitrogens with one attached hydrogen (secondary N) is 1. The number of carbonyl (C=O) groups excluding carboxylic acids is 2. The van der Waals surface area contributed by atoms with Gasteiger partial charge in [-0.05, 0) is 64.1 Å². The lowest BCUT2D eigenvalue weighted by atomic mass is 9.90. The molecule has 10 heteroatoms. The van der Waals surface area contributed by atoms with E-state index in [-0.39, 0.29) is 43.8 Å². The van der Waals surface area contributed by atoms with Crippen LogP contribution in [0.2, 0.25) is 0 Å². The molecule has 2 heterocycles. The molecule has 0 saturated carbocycles. The summed E-state index contributed by atoms with van der Waals surface area (Å²) in [6.45, 7) is 1.67. The lowest BCUT2D eigenvalue weighted by Gasteiger charge is -2.17. The monoisotopic (exact) mass is 626 g/mol. The average molecular weight is 627 g/mol.